The molecule has 1 fully saturated rings. The minimum absolute atomic E-state index is 0.382. The zero-order chi connectivity index (χ0) is 12.3. The van der Waals surface area contributed by atoms with Crippen LogP contribution in [0.3, 0.4) is 0 Å². The molecule has 1 aliphatic rings. The van der Waals surface area contributed by atoms with Gasteiger partial charge >= 0.3 is 6.01 Å². The Morgan fingerprint density at radius 3 is 2.65 bits per heavy atom. The summed E-state index contributed by atoms with van der Waals surface area (Å²) in [6.45, 7) is 2.47. The third-order valence-electron chi connectivity index (χ3n) is 3.04. The molecule has 1 aliphatic carbocycles. The van der Waals surface area contributed by atoms with Crippen LogP contribution < -0.4 is 15.0 Å². The van der Waals surface area contributed by atoms with E-state index in [0.717, 1.165) is 0 Å². The van der Waals surface area contributed by atoms with Crippen molar-refractivity contribution in [3.63, 3.8) is 0 Å². The van der Waals surface area contributed by atoms with Gasteiger partial charge in [-0.2, -0.15) is 15.0 Å². The van der Waals surface area contributed by atoms with Crippen molar-refractivity contribution in [1.29, 1.82) is 0 Å². The normalized spacial score (nSPS) is 15.2. The van der Waals surface area contributed by atoms with Gasteiger partial charge in [0.25, 0.3) is 0 Å². The molecule has 94 valence electrons. The Kier molecular flexibility index (Phi) is 3.61. The summed E-state index contributed by atoms with van der Waals surface area (Å²) in [5.74, 6) is 1.22. The monoisotopic (exact) mass is 237 g/mol. The van der Waals surface area contributed by atoms with E-state index in [-0.39, 0.29) is 0 Å². The minimum Gasteiger partial charge on any atom is -0.464 e. The van der Waals surface area contributed by atoms with Crippen LogP contribution in [0.15, 0.2) is 0 Å². The van der Waals surface area contributed by atoms with E-state index < -0.39 is 0 Å². The Labute approximate surface area is 101 Å². The molecule has 1 N–H and O–H groups in total. The van der Waals surface area contributed by atoms with Crippen LogP contribution in [-0.2, 0) is 0 Å². The Bertz CT molecular complexity index is 380. The first-order valence-corrected chi connectivity index (χ1v) is 6.04. The molecule has 1 aromatic rings. The smallest absolute Gasteiger partial charge is 0.323 e. The van der Waals surface area contributed by atoms with Gasteiger partial charge in [-0.1, -0.05) is 0 Å². The minimum atomic E-state index is 0.382. The zero-order valence-electron chi connectivity index (χ0n) is 10.6. The van der Waals surface area contributed by atoms with Crippen LogP contribution in [0.1, 0.15) is 26.2 Å². The van der Waals surface area contributed by atoms with Crippen LogP contribution in [0, 0.1) is 0 Å². The van der Waals surface area contributed by atoms with Gasteiger partial charge in [0, 0.05) is 20.1 Å². The van der Waals surface area contributed by atoms with Gasteiger partial charge in [0.05, 0.1) is 6.61 Å². The SMILES string of the molecule is CCOc1nc(NC)nc(N(C)C2CCC2)n1. The van der Waals surface area contributed by atoms with Gasteiger partial charge in [0.1, 0.15) is 0 Å². The fraction of sp³-hybridized carbons (Fsp3) is 0.727. The molecule has 0 amide bonds. The first kappa shape index (κ1) is 11.9. The quantitative estimate of drug-likeness (QED) is 0.833. The summed E-state index contributed by atoms with van der Waals surface area (Å²) in [5.41, 5.74) is 0. The second-order valence-corrected chi connectivity index (χ2v) is 4.12. The van der Waals surface area contributed by atoms with Crippen LogP contribution in [-0.4, -0.2) is 41.7 Å². The molecule has 1 heterocycles. The van der Waals surface area contributed by atoms with E-state index in [4.69, 9.17) is 4.74 Å². The summed E-state index contributed by atoms with van der Waals surface area (Å²) in [7, 11) is 3.81. The fourth-order valence-electron chi connectivity index (χ4n) is 1.75. The Morgan fingerprint density at radius 1 is 1.35 bits per heavy atom. The number of ether oxygens (including phenoxy) is 1. The third-order valence-corrected chi connectivity index (χ3v) is 3.04. The van der Waals surface area contributed by atoms with E-state index in [0.29, 0.717) is 30.6 Å². The van der Waals surface area contributed by atoms with Gasteiger partial charge in [-0.25, -0.2) is 0 Å². The molecule has 0 radical (unpaired) electrons. The molecule has 0 aliphatic heterocycles. The summed E-state index contributed by atoms with van der Waals surface area (Å²) in [6.07, 6.45) is 3.71. The zero-order valence-corrected chi connectivity index (χ0v) is 10.6. The number of hydrogen-bond donors (Lipinski definition) is 1. The molecule has 1 aromatic heterocycles. The molecule has 0 aromatic carbocycles. The molecular weight excluding hydrogens is 218 g/mol. The van der Waals surface area contributed by atoms with Crippen molar-refractivity contribution >= 4 is 11.9 Å². The topological polar surface area (TPSA) is 63.2 Å². The van der Waals surface area contributed by atoms with Crippen molar-refractivity contribution in [3.05, 3.63) is 0 Å². The molecular formula is C11H19N5O. The molecule has 0 bridgehead atoms. The highest BCUT2D eigenvalue weighted by molar-refractivity contribution is 5.38. The lowest BCUT2D eigenvalue weighted by atomic mass is 9.92. The predicted molar refractivity (Wildman–Crippen MR) is 66.6 cm³/mol. The highest BCUT2D eigenvalue weighted by Crippen LogP contribution is 2.27. The highest BCUT2D eigenvalue weighted by Gasteiger charge is 2.24. The number of aromatic nitrogens is 3. The van der Waals surface area contributed by atoms with E-state index in [1.165, 1.54) is 19.3 Å². The third kappa shape index (κ3) is 2.57. The molecule has 17 heavy (non-hydrogen) atoms. The molecule has 0 unspecified atom stereocenters. The van der Waals surface area contributed by atoms with Crippen LogP contribution in [0.25, 0.3) is 0 Å². The second-order valence-electron chi connectivity index (χ2n) is 4.12. The van der Waals surface area contributed by atoms with Crippen molar-refractivity contribution in [1.82, 2.24) is 15.0 Å². The van der Waals surface area contributed by atoms with Gasteiger partial charge in [-0.05, 0) is 26.2 Å². The molecule has 0 saturated heterocycles. The lowest BCUT2D eigenvalue weighted by Crippen LogP contribution is -2.38. The Hall–Kier alpha value is -1.59. The molecule has 1 saturated carbocycles. The maximum absolute atomic E-state index is 5.34. The van der Waals surface area contributed by atoms with Gasteiger partial charge < -0.3 is 15.0 Å². The summed E-state index contributed by atoms with van der Waals surface area (Å²) in [6, 6.07) is 0.935. The van der Waals surface area contributed by atoms with E-state index in [2.05, 4.69) is 25.2 Å². The van der Waals surface area contributed by atoms with E-state index in [1.54, 1.807) is 7.05 Å². The van der Waals surface area contributed by atoms with Crippen LogP contribution >= 0.6 is 0 Å². The lowest BCUT2D eigenvalue weighted by molar-refractivity contribution is 0.311. The Morgan fingerprint density at radius 2 is 2.12 bits per heavy atom. The fourth-order valence-corrected chi connectivity index (χ4v) is 1.75. The Balaban J connectivity index is 2.21. The van der Waals surface area contributed by atoms with Crippen molar-refractivity contribution < 1.29 is 4.74 Å². The highest BCUT2D eigenvalue weighted by atomic mass is 16.5. The summed E-state index contributed by atoms with van der Waals surface area (Å²) in [4.78, 5) is 14.9. The number of nitrogens with one attached hydrogen (secondary N) is 1. The van der Waals surface area contributed by atoms with E-state index in [1.807, 2.05) is 14.0 Å². The number of rotatable bonds is 5. The molecule has 6 nitrogen and oxygen atoms in total. The number of anilines is 2. The van der Waals surface area contributed by atoms with Gasteiger partial charge in [0.15, 0.2) is 0 Å². The van der Waals surface area contributed by atoms with Gasteiger partial charge in [-0.3, -0.25) is 0 Å². The maximum Gasteiger partial charge on any atom is 0.323 e. The average Bonchev–Trinajstić information content (AvgIpc) is 2.26. The first-order valence-electron chi connectivity index (χ1n) is 6.04. The van der Waals surface area contributed by atoms with Gasteiger partial charge in [0.2, 0.25) is 11.9 Å². The standard InChI is InChI=1S/C11H19N5O/c1-4-17-11-14-9(12-2)13-10(15-11)16(3)8-6-5-7-8/h8H,4-7H2,1-3H3,(H,12,13,14,15). The van der Waals surface area contributed by atoms with Gasteiger partial charge in [-0.15, -0.1) is 0 Å². The number of nitrogens with zero attached hydrogens (tertiary/aromatic N) is 4. The predicted octanol–water partition coefficient (Wildman–Crippen LogP) is 1.30. The van der Waals surface area contributed by atoms with Crippen molar-refractivity contribution in [3.8, 4) is 6.01 Å². The lowest BCUT2D eigenvalue weighted by Gasteiger charge is -2.34. The second kappa shape index (κ2) is 5.16. The van der Waals surface area contributed by atoms with Crippen molar-refractivity contribution in [2.45, 2.75) is 32.2 Å². The average molecular weight is 237 g/mol. The number of hydrogen-bond acceptors (Lipinski definition) is 6. The summed E-state index contributed by atoms with van der Waals surface area (Å²) >= 11 is 0. The van der Waals surface area contributed by atoms with E-state index in [9.17, 15) is 0 Å². The molecule has 6 heteroatoms. The summed E-state index contributed by atoms with van der Waals surface area (Å²) < 4.78 is 5.34. The van der Waals surface area contributed by atoms with E-state index >= 15 is 0 Å². The van der Waals surface area contributed by atoms with Crippen LogP contribution in [0.2, 0.25) is 0 Å². The van der Waals surface area contributed by atoms with Crippen molar-refractivity contribution in [2.24, 2.45) is 0 Å². The first-order chi connectivity index (χ1) is 8.24. The van der Waals surface area contributed by atoms with Crippen LogP contribution in [0.5, 0.6) is 6.01 Å². The molecule has 0 atom stereocenters. The molecule has 2 rings (SSSR count). The summed E-state index contributed by atoms with van der Waals surface area (Å²) in [5, 5.41) is 2.93. The molecule has 0 spiro atoms. The van der Waals surface area contributed by atoms with Crippen LogP contribution in [0.4, 0.5) is 11.9 Å². The largest absolute Gasteiger partial charge is 0.464 e. The van der Waals surface area contributed by atoms with Crippen molar-refractivity contribution in [2.75, 3.05) is 30.9 Å². The maximum atomic E-state index is 5.34.